The number of alkyl halides is 6. The molecule has 0 bridgehead atoms. The summed E-state index contributed by atoms with van der Waals surface area (Å²) in [7, 11) is 0. The fourth-order valence-corrected chi connectivity index (χ4v) is 6.26. The van der Waals surface area contributed by atoms with Crippen LogP contribution in [0.5, 0.6) is 0 Å². The Kier molecular flexibility index (Phi) is 9.30. The van der Waals surface area contributed by atoms with Crippen LogP contribution < -0.4 is 11.1 Å². The van der Waals surface area contributed by atoms with Crippen LogP contribution in [-0.2, 0) is 19.4 Å². The van der Waals surface area contributed by atoms with Crippen molar-refractivity contribution >= 4 is 28.1 Å². The zero-order valence-electron chi connectivity index (χ0n) is 23.5. The van der Waals surface area contributed by atoms with Gasteiger partial charge in [-0.3, -0.25) is 19.7 Å². The Morgan fingerprint density at radius 2 is 1.73 bits per heavy atom. The number of halogens is 6. The highest BCUT2D eigenvalue weighted by atomic mass is 32.1. The normalized spacial score (nSPS) is 15.4. The van der Waals surface area contributed by atoms with Crippen molar-refractivity contribution in [3.8, 4) is 11.1 Å². The second-order valence-electron chi connectivity index (χ2n) is 10.8. The third-order valence-electron chi connectivity index (χ3n) is 7.43. The largest absolute Gasteiger partial charge is 0.399 e. The molecule has 1 aliphatic rings. The van der Waals surface area contributed by atoms with Gasteiger partial charge in [0, 0.05) is 47.0 Å². The minimum Gasteiger partial charge on any atom is -0.399 e. The lowest BCUT2D eigenvalue weighted by Crippen LogP contribution is -2.42. The van der Waals surface area contributed by atoms with Gasteiger partial charge in [0.2, 0.25) is 0 Å². The molecule has 1 atom stereocenters. The maximum absolute atomic E-state index is 13.1. The summed E-state index contributed by atoms with van der Waals surface area (Å²) >= 11 is 1.20. The highest BCUT2D eigenvalue weighted by Crippen LogP contribution is 2.33. The number of nitrogens with zero attached hydrogens (tertiary/aromatic N) is 4. The van der Waals surface area contributed by atoms with Gasteiger partial charge in [-0.15, -0.1) is 11.3 Å². The maximum Gasteiger partial charge on any atom is 0.390 e. The van der Waals surface area contributed by atoms with Crippen molar-refractivity contribution in [2.75, 3.05) is 24.1 Å². The van der Waals surface area contributed by atoms with E-state index in [1.165, 1.54) is 16.2 Å². The SMILES string of the molecule is Nc1ccc(-c2cnn(Cc3cccc(C(=O)Nc4nc5c(s4)C[C@@H](N(CCC(F)(F)F)CCC(F)(F)F)CC5)c3)c2)cc1. The smallest absolute Gasteiger partial charge is 0.390 e. The quantitative estimate of drug-likeness (QED) is 0.145. The van der Waals surface area contributed by atoms with Crippen molar-refractivity contribution in [2.24, 2.45) is 0 Å². The minimum absolute atomic E-state index is 0.274. The van der Waals surface area contributed by atoms with Gasteiger partial charge in [0.05, 0.1) is 31.3 Å². The summed E-state index contributed by atoms with van der Waals surface area (Å²) in [6.45, 7) is -0.568. The highest BCUT2D eigenvalue weighted by Gasteiger charge is 2.35. The first-order chi connectivity index (χ1) is 20.8. The van der Waals surface area contributed by atoms with E-state index in [4.69, 9.17) is 5.73 Å². The van der Waals surface area contributed by atoms with E-state index >= 15 is 0 Å². The summed E-state index contributed by atoms with van der Waals surface area (Å²) in [4.78, 5) is 19.6. The summed E-state index contributed by atoms with van der Waals surface area (Å²) in [5.74, 6) is -0.380. The van der Waals surface area contributed by atoms with Crippen LogP contribution in [0.25, 0.3) is 11.1 Å². The van der Waals surface area contributed by atoms with Crippen molar-refractivity contribution in [3.63, 3.8) is 0 Å². The summed E-state index contributed by atoms with van der Waals surface area (Å²) in [5, 5.41) is 7.55. The number of rotatable bonds is 10. The van der Waals surface area contributed by atoms with Crippen molar-refractivity contribution in [1.29, 1.82) is 0 Å². The van der Waals surface area contributed by atoms with Crippen molar-refractivity contribution < 1.29 is 31.1 Å². The number of anilines is 2. The van der Waals surface area contributed by atoms with Crippen molar-refractivity contribution in [3.05, 3.63) is 82.6 Å². The Hall–Kier alpha value is -3.91. The van der Waals surface area contributed by atoms with Crippen LogP contribution in [-0.4, -0.2) is 57.1 Å². The van der Waals surface area contributed by atoms with Gasteiger partial charge in [0.1, 0.15) is 0 Å². The van der Waals surface area contributed by atoms with E-state index in [0.717, 1.165) is 21.6 Å². The lowest BCUT2D eigenvalue weighted by atomic mass is 9.96. The van der Waals surface area contributed by atoms with Gasteiger partial charge in [-0.2, -0.15) is 31.4 Å². The molecule has 0 radical (unpaired) electrons. The molecular weight excluding hydrogens is 606 g/mol. The number of benzene rings is 2. The molecular formula is C30H30F6N6OS. The molecule has 2 aromatic heterocycles. The number of hydrogen-bond acceptors (Lipinski definition) is 6. The number of hydrogen-bond donors (Lipinski definition) is 2. The molecule has 44 heavy (non-hydrogen) atoms. The zero-order chi connectivity index (χ0) is 31.5. The summed E-state index contributed by atoms with van der Waals surface area (Å²) in [6.07, 6.45) is -6.57. The molecule has 0 saturated carbocycles. The van der Waals surface area contributed by atoms with Gasteiger partial charge in [-0.05, 0) is 54.7 Å². The number of nitrogens with one attached hydrogen (secondary N) is 1. The number of aryl methyl sites for hydroxylation is 1. The molecule has 7 nitrogen and oxygen atoms in total. The fraction of sp³-hybridized carbons (Fsp3) is 0.367. The van der Waals surface area contributed by atoms with Gasteiger partial charge < -0.3 is 5.73 Å². The van der Waals surface area contributed by atoms with Gasteiger partial charge in [-0.25, -0.2) is 4.98 Å². The van der Waals surface area contributed by atoms with E-state index in [0.29, 0.717) is 41.5 Å². The second-order valence-corrected chi connectivity index (χ2v) is 11.8. The Morgan fingerprint density at radius 3 is 2.41 bits per heavy atom. The second kappa shape index (κ2) is 13.0. The molecule has 0 unspecified atom stereocenters. The molecule has 234 valence electrons. The Bertz CT molecular complexity index is 1560. The monoisotopic (exact) mass is 636 g/mol. The molecule has 2 heterocycles. The molecule has 3 N–H and O–H groups in total. The molecule has 2 aromatic carbocycles. The van der Waals surface area contributed by atoms with E-state index in [1.54, 1.807) is 29.1 Å². The topological polar surface area (TPSA) is 89.1 Å². The van der Waals surface area contributed by atoms with E-state index in [9.17, 15) is 31.1 Å². The van der Waals surface area contributed by atoms with E-state index in [2.05, 4.69) is 15.4 Å². The molecule has 4 aromatic rings. The van der Waals surface area contributed by atoms with Crippen LogP contribution in [0.1, 0.15) is 45.8 Å². The van der Waals surface area contributed by atoms with Crippen molar-refractivity contribution in [1.82, 2.24) is 19.7 Å². The Balaban J connectivity index is 1.22. The summed E-state index contributed by atoms with van der Waals surface area (Å²) in [6, 6.07) is 14.1. The van der Waals surface area contributed by atoms with Gasteiger partial charge in [0.25, 0.3) is 5.91 Å². The first kappa shape index (κ1) is 31.5. The standard InChI is InChI=1S/C30H30F6N6OS/c31-29(32,33)10-12-41(13-11-30(34,35)36)24-8-9-25-26(15-24)44-28(39-25)40-27(43)21-3-1-2-19(14-21)17-42-18-22(16-38-42)20-4-6-23(37)7-5-20/h1-7,14,16,18,24H,8-13,15,17,37H2,(H,39,40,43)/t24-/m0/s1. The van der Waals surface area contributed by atoms with Crippen LogP contribution in [0.4, 0.5) is 37.2 Å². The number of aromatic nitrogens is 3. The van der Waals surface area contributed by atoms with Crippen LogP contribution >= 0.6 is 11.3 Å². The lowest BCUT2D eigenvalue weighted by molar-refractivity contribution is -0.148. The first-order valence-corrected chi connectivity index (χ1v) is 14.8. The third kappa shape index (κ3) is 8.59. The molecule has 0 fully saturated rings. The zero-order valence-corrected chi connectivity index (χ0v) is 24.3. The van der Waals surface area contributed by atoms with E-state index in [1.807, 2.05) is 36.5 Å². The average Bonchev–Trinajstić information content (AvgIpc) is 3.58. The number of amides is 1. The number of carbonyl (C=O) groups is 1. The predicted octanol–water partition coefficient (Wildman–Crippen LogP) is 6.95. The average molecular weight is 637 g/mol. The Morgan fingerprint density at radius 1 is 1.02 bits per heavy atom. The molecule has 1 amide bonds. The summed E-state index contributed by atoms with van der Waals surface area (Å²) < 4.78 is 79.0. The maximum atomic E-state index is 13.1. The molecule has 14 heteroatoms. The van der Waals surface area contributed by atoms with Crippen molar-refractivity contribution in [2.45, 2.75) is 57.0 Å². The molecule has 5 rings (SSSR count). The number of thiazole rings is 1. The van der Waals surface area contributed by atoms with Gasteiger partial charge in [0.15, 0.2) is 5.13 Å². The first-order valence-electron chi connectivity index (χ1n) is 14.0. The number of nitrogens with two attached hydrogens (primary N) is 1. The highest BCUT2D eigenvalue weighted by molar-refractivity contribution is 7.15. The lowest BCUT2D eigenvalue weighted by Gasteiger charge is -2.34. The number of fused-ring (bicyclic) bond motifs is 1. The minimum atomic E-state index is -4.46. The predicted molar refractivity (Wildman–Crippen MR) is 156 cm³/mol. The number of carbonyl (C=O) groups excluding carboxylic acids is 1. The van der Waals surface area contributed by atoms with Crippen LogP contribution in [0.2, 0.25) is 0 Å². The van der Waals surface area contributed by atoms with E-state index < -0.39 is 44.3 Å². The molecule has 0 saturated heterocycles. The molecule has 1 aliphatic carbocycles. The van der Waals surface area contributed by atoms with Crippen LogP contribution in [0.15, 0.2) is 60.9 Å². The van der Waals surface area contributed by atoms with E-state index in [-0.39, 0.29) is 12.3 Å². The molecule has 0 spiro atoms. The summed E-state index contributed by atoms with van der Waals surface area (Å²) in [5.41, 5.74) is 10.3. The fourth-order valence-electron chi connectivity index (χ4n) is 5.18. The van der Waals surface area contributed by atoms with Gasteiger partial charge >= 0.3 is 12.4 Å². The Labute approximate surface area is 253 Å². The van der Waals surface area contributed by atoms with Crippen LogP contribution in [0.3, 0.4) is 0 Å². The third-order valence-corrected chi connectivity index (χ3v) is 8.46. The van der Waals surface area contributed by atoms with Crippen LogP contribution in [0, 0.1) is 0 Å². The molecule has 0 aliphatic heterocycles. The number of nitrogen functional groups attached to an aromatic ring is 1. The van der Waals surface area contributed by atoms with Gasteiger partial charge in [-0.1, -0.05) is 24.3 Å².